The first-order valence-corrected chi connectivity index (χ1v) is 15.8. The number of rotatable bonds is 3. The molecule has 0 unspecified atom stereocenters. The van der Waals surface area contributed by atoms with Gasteiger partial charge in [-0.05, 0) is 61.8 Å². The van der Waals surface area contributed by atoms with Crippen LogP contribution >= 0.6 is 0 Å². The SMILES string of the molecule is CC1(C)c2cc(-c3cccc4c3Oc3ccccc3C4(c3ccccc3)c3ccccc3)ccc2-c2c1ccc1ccccc21. The molecule has 7 aromatic rings. The number of fused-ring (bicyclic) bond motifs is 7. The molecule has 1 aliphatic carbocycles. The van der Waals surface area contributed by atoms with Crippen LogP contribution in [0, 0.1) is 0 Å². The zero-order valence-electron chi connectivity index (χ0n) is 25.4. The van der Waals surface area contributed by atoms with Crippen molar-refractivity contribution >= 4 is 10.8 Å². The lowest BCUT2D eigenvalue weighted by molar-refractivity contribution is 0.436. The third-order valence-electron chi connectivity index (χ3n) is 10.2. The minimum Gasteiger partial charge on any atom is -0.456 e. The minimum atomic E-state index is -0.534. The molecule has 0 amide bonds. The van der Waals surface area contributed by atoms with Crippen molar-refractivity contribution in [3.05, 3.63) is 191 Å². The molecule has 9 rings (SSSR count). The van der Waals surface area contributed by atoms with Crippen LogP contribution in [0.3, 0.4) is 0 Å². The standard InChI is InChI=1S/C44H32O/c1-43(2)37-27-25-29-14-9-10-19-33(29)41(37)35-26-24-30(28-39(35)43)34-20-13-22-38-42(34)45-40-23-12-11-21-36(40)44(38,31-15-5-3-6-16-31)32-17-7-4-8-18-32/h3-28H,1-2H3. The van der Waals surface area contributed by atoms with Crippen LogP contribution in [0.4, 0.5) is 0 Å². The Morgan fingerprint density at radius 3 is 1.91 bits per heavy atom. The molecule has 0 radical (unpaired) electrons. The van der Waals surface area contributed by atoms with Gasteiger partial charge < -0.3 is 4.74 Å². The minimum absolute atomic E-state index is 0.120. The summed E-state index contributed by atoms with van der Waals surface area (Å²) in [7, 11) is 0. The van der Waals surface area contributed by atoms with E-state index in [4.69, 9.17) is 4.74 Å². The Bertz CT molecular complexity index is 2220. The van der Waals surface area contributed by atoms with E-state index in [1.165, 1.54) is 49.7 Å². The fraction of sp³-hybridized carbons (Fsp3) is 0.0909. The van der Waals surface area contributed by atoms with Crippen molar-refractivity contribution in [3.8, 4) is 33.8 Å². The Balaban J connectivity index is 1.31. The van der Waals surface area contributed by atoms with E-state index in [0.29, 0.717) is 0 Å². The van der Waals surface area contributed by atoms with E-state index in [1.807, 2.05) is 0 Å². The highest BCUT2D eigenvalue weighted by molar-refractivity contribution is 6.03. The molecule has 0 bridgehead atoms. The van der Waals surface area contributed by atoms with Gasteiger partial charge in [-0.25, -0.2) is 0 Å². The predicted octanol–water partition coefficient (Wildman–Crippen LogP) is 11.3. The van der Waals surface area contributed by atoms with E-state index < -0.39 is 5.41 Å². The fourth-order valence-corrected chi connectivity index (χ4v) is 8.13. The van der Waals surface area contributed by atoms with E-state index in [9.17, 15) is 0 Å². The monoisotopic (exact) mass is 576 g/mol. The molecule has 0 aromatic heterocycles. The van der Waals surface area contributed by atoms with E-state index in [2.05, 4.69) is 172 Å². The van der Waals surface area contributed by atoms with Gasteiger partial charge in [-0.2, -0.15) is 0 Å². The second kappa shape index (κ2) is 9.55. The van der Waals surface area contributed by atoms with Crippen molar-refractivity contribution in [2.24, 2.45) is 0 Å². The van der Waals surface area contributed by atoms with E-state index in [1.54, 1.807) is 0 Å². The van der Waals surface area contributed by atoms with Crippen molar-refractivity contribution in [2.75, 3.05) is 0 Å². The highest BCUT2D eigenvalue weighted by Crippen LogP contribution is 2.58. The molecule has 7 aromatic carbocycles. The molecule has 1 heteroatoms. The lowest BCUT2D eigenvalue weighted by atomic mass is 9.63. The fourth-order valence-electron chi connectivity index (χ4n) is 8.13. The Morgan fingerprint density at radius 2 is 1.13 bits per heavy atom. The number of hydrogen-bond donors (Lipinski definition) is 0. The van der Waals surface area contributed by atoms with Crippen LogP contribution < -0.4 is 4.74 Å². The molecule has 1 aliphatic heterocycles. The van der Waals surface area contributed by atoms with Crippen molar-refractivity contribution in [1.82, 2.24) is 0 Å². The summed E-state index contributed by atoms with van der Waals surface area (Å²) in [5, 5.41) is 2.61. The highest BCUT2D eigenvalue weighted by Gasteiger charge is 2.46. The number of ether oxygens (including phenoxy) is 1. The summed E-state index contributed by atoms with van der Waals surface area (Å²) >= 11 is 0. The van der Waals surface area contributed by atoms with Gasteiger partial charge >= 0.3 is 0 Å². The zero-order chi connectivity index (χ0) is 30.2. The summed E-state index contributed by atoms with van der Waals surface area (Å²) in [5.41, 5.74) is 11.8. The van der Waals surface area contributed by atoms with Crippen LogP contribution in [0.2, 0.25) is 0 Å². The molecule has 0 atom stereocenters. The normalized spacial score (nSPS) is 15.0. The highest BCUT2D eigenvalue weighted by atomic mass is 16.5. The summed E-state index contributed by atoms with van der Waals surface area (Å²) < 4.78 is 6.95. The summed E-state index contributed by atoms with van der Waals surface area (Å²) in [5.74, 6) is 1.81. The van der Waals surface area contributed by atoms with Crippen molar-refractivity contribution in [1.29, 1.82) is 0 Å². The van der Waals surface area contributed by atoms with Crippen LogP contribution in [-0.4, -0.2) is 0 Å². The van der Waals surface area contributed by atoms with Gasteiger partial charge in [0.15, 0.2) is 0 Å². The van der Waals surface area contributed by atoms with E-state index in [0.717, 1.165) is 28.2 Å². The largest absolute Gasteiger partial charge is 0.456 e. The second-order valence-corrected chi connectivity index (χ2v) is 12.9. The molecule has 0 spiro atoms. The Labute approximate surface area is 264 Å². The van der Waals surface area contributed by atoms with Crippen LogP contribution in [0.1, 0.15) is 47.2 Å². The van der Waals surface area contributed by atoms with Gasteiger partial charge in [0.25, 0.3) is 0 Å². The molecule has 0 fully saturated rings. The van der Waals surface area contributed by atoms with Crippen molar-refractivity contribution < 1.29 is 4.74 Å². The Kier molecular flexibility index (Phi) is 5.53. The topological polar surface area (TPSA) is 9.23 Å². The third-order valence-corrected chi connectivity index (χ3v) is 10.2. The maximum Gasteiger partial charge on any atom is 0.140 e. The van der Waals surface area contributed by atoms with E-state index in [-0.39, 0.29) is 5.41 Å². The van der Waals surface area contributed by atoms with Crippen LogP contribution in [0.15, 0.2) is 158 Å². The Morgan fingerprint density at radius 1 is 0.467 bits per heavy atom. The van der Waals surface area contributed by atoms with Crippen LogP contribution in [0.25, 0.3) is 33.0 Å². The van der Waals surface area contributed by atoms with Gasteiger partial charge in [-0.15, -0.1) is 0 Å². The van der Waals surface area contributed by atoms with Gasteiger partial charge in [0.05, 0.1) is 5.41 Å². The van der Waals surface area contributed by atoms with E-state index >= 15 is 0 Å². The molecule has 1 heterocycles. The molecular formula is C44H32O. The van der Waals surface area contributed by atoms with Gasteiger partial charge in [0.2, 0.25) is 0 Å². The molecule has 1 nitrogen and oxygen atoms in total. The van der Waals surface area contributed by atoms with Crippen molar-refractivity contribution in [3.63, 3.8) is 0 Å². The molecule has 45 heavy (non-hydrogen) atoms. The maximum absolute atomic E-state index is 6.95. The average molecular weight is 577 g/mol. The van der Waals surface area contributed by atoms with Crippen LogP contribution in [-0.2, 0) is 10.8 Å². The number of hydrogen-bond acceptors (Lipinski definition) is 1. The zero-order valence-corrected chi connectivity index (χ0v) is 25.4. The molecule has 2 aliphatic rings. The summed E-state index contributed by atoms with van der Waals surface area (Å²) in [6.45, 7) is 4.72. The van der Waals surface area contributed by atoms with Crippen LogP contribution in [0.5, 0.6) is 11.5 Å². The first-order chi connectivity index (χ1) is 22.1. The molecular weight excluding hydrogens is 544 g/mol. The number of benzene rings is 7. The third kappa shape index (κ3) is 3.56. The lowest BCUT2D eigenvalue weighted by Crippen LogP contribution is -2.34. The van der Waals surface area contributed by atoms with Gasteiger partial charge in [-0.3, -0.25) is 0 Å². The maximum atomic E-state index is 6.95. The first-order valence-electron chi connectivity index (χ1n) is 15.8. The van der Waals surface area contributed by atoms with Gasteiger partial charge in [0.1, 0.15) is 11.5 Å². The average Bonchev–Trinajstić information content (AvgIpc) is 3.33. The molecule has 214 valence electrons. The summed E-state index contributed by atoms with van der Waals surface area (Å²) in [6.07, 6.45) is 0. The smallest absolute Gasteiger partial charge is 0.140 e. The molecule has 0 saturated heterocycles. The summed E-state index contributed by atoms with van der Waals surface area (Å²) in [4.78, 5) is 0. The molecule has 0 saturated carbocycles. The van der Waals surface area contributed by atoms with Gasteiger partial charge in [-0.1, -0.05) is 159 Å². The number of para-hydroxylation sites is 2. The lowest BCUT2D eigenvalue weighted by Gasteiger charge is -2.42. The van der Waals surface area contributed by atoms with Gasteiger partial charge in [0, 0.05) is 22.1 Å². The van der Waals surface area contributed by atoms with Crippen molar-refractivity contribution in [2.45, 2.75) is 24.7 Å². The summed E-state index contributed by atoms with van der Waals surface area (Å²) in [6, 6.07) is 57.4. The predicted molar refractivity (Wildman–Crippen MR) is 185 cm³/mol. The second-order valence-electron chi connectivity index (χ2n) is 12.9. The molecule has 0 N–H and O–H groups in total. The first kappa shape index (κ1) is 26.0. The Hall–Kier alpha value is -5.40. The quantitative estimate of drug-likeness (QED) is 0.203.